The highest BCUT2D eigenvalue weighted by molar-refractivity contribution is 7.22. The van der Waals surface area contributed by atoms with Gasteiger partial charge in [-0.15, -0.1) is 0 Å². The van der Waals surface area contributed by atoms with Crippen molar-refractivity contribution in [3.8, 4) is 0 Å². The maximum atomic E-state index is 4.44. The third kappa shape index (κ3) is 1.72. The van der Waals surface area contributed by atoms with E-state index in [0.29, 0.717) is 5.95 Å². The number of nitrogens with one attached hydrogen (secondary N) is 1. The summed E-state index contributed by atoms with van der Waals surface area (Å²) < 4.78 is 1.15. The van der Waals surface area contributed by atoms with Gasteiger partial charge in [0, 0.05) is 12.4 Å². The molecule has 0 radical (unpaired) electrons. The van der Waals surface area contributed by atoms with Crippen molar-refractivity contribution in [2.75, 3.05) is 5.32 Å². The minimum atomic E-state index is 0.571. The summed E-state index contributed by atoms with van der Waals surface area (Å²) in [6.45, 7) is 0. The Kier molecular flexibility index (Phi) is 2.23. The fraction of sp³-hybridized carbons (Fsp3) is 0. The van der Waals surface area contributed by atoms with Crippen molar-refractivity contribution in [1.29, 1.82) is 0 Å². The van der Waals surface area contributed by atoms with Crippen LogP contribution >= 0.6 is 11.3 Å². The van der Waals surface area contributed by atoms with Crippen molar-refractivity contribution in [2.24, 2.45) is 0 Å². The molecule has 0 fully saturated rings. The maximum absolute atomic E-state index is 4.44. The molecule has 0 saturated heterocycles. The molecule has 16 heavy (non-hydrogen) atoms. The fourth-order valence-corrected chi connectivity index (χ4v) is 2.24. The highest BCUT2D eigenvalue weighted by Gasteiger charge is 2.03. The van der Waals surface area contributed by atoms with E-state index in [0.717, 1.165) is 15.3 Å². The van der Waals surface area contributed by atoms with Gasteiger partial charge in [-0.05, 0) is 18.2 Å². The van der Waals surface area contributed by atoms with E-state index < -0.39 is 0 Å². The Hall–Kier alpha value is -2.01. The SMILES string of the molecule is c1cnc(Nc2nc3ccccc3s2)nc1. The van der Waals surface area contributed by atoms with Crippen molar-refractivity contribution in [3.63, 3.8) is 0 Å². The second-order valence-electron chi connectivity index (χ2n) is 3.18. The predicted octanol–water partition coefficient (Wildman–Crippen LogP) is 2.83. The topological polar surface area (TPSA) is 50.7 Å². The van der Waals surface area contributed by atoms with Crippen LogP contribution in [0.15, 0.2) is 42.7 Å². The molecule has 0 saturated carbocycles. The lowest BCUT2D eigenvalue weighted by molar-refractivity contribution is 1.16. The Morgan fingerprint density at radius 3 is 2.62 bits per heavy atom. The zero-order valence-corrected chi connectivity index (χ0v) is 9.11. The number of hydrogen-bond acceptors (Lipinski definition) is 5. The molecule has 0 bridgehead atoms. The van der Waals surface area contributed by atoms with Gasteiger partial charge in [0.15, 0.2) is 5.13 Å². The Balaban J connectivity index is 1.95. The first-order valence-electron chi connectivity index (χ1n) is 4.81. The lowest BCUT2D eigenvalue weighted by atomic mass is 10.3. The van der Waals surface area contributed by atoms with Crippen LogP contribution in [0.2, 0.25) is 0 Å². The third-order valence-corrected chi connectivity index (χ3v) is 3.03. The summed E-state index contributed by atoms with van der Waals surface area (Å²) in [6, 6.07) is 9.80. The van der Waals surface area contributed by atoms with Gasteiger partial charge in [-0.3, -0.25) is 0 Å². The van der Waals surface area contributed by atoms with Crippen molar-refractivity contribution < 1.29 is 0 Å². The number of hydrogen-bond donors (Lipinski definition) is 1. The molecule has 0 spiro atoms. The van der Waals surface area contributed by atoms with Crippen molar-refractivity contribution in [3.05, 3.63) is 42.7 Å². The molecule has 1 N–H and O–H groups in total. The van der Waals surface area contributed by atoms with Gasteiger partial charge >= 0.3 is 0 Å². The lowest BCUT2D eigenvalue weighted by Crippen LogP contribution is -1.94. The molecule has 4 nitrogen and oxygen atoms in total. The van der Waals surface area contributed by atoms with Crippen LogP contribution in [0.4, 0.5) is 11.1 Å². The predicted molar refractivity (Wildman–Crippen MR) is 64.9 cm³/mol. The molecular formula is C11H8N4S. The van der Waals surface area contributed by atoms with E-state index >= 15 is 0 Å². The van der Waals surface area contributed by atoms with Gasteiger partial charge in [-0.25, -0.2) is 15.0 Å². The first kappa shape index (κ1) is 9.23. The quantitative estimate of drug-likeness (QED) is 0.732. The highest BCUT2D eigenvalue weighted by Crippen LogP contribution is 2.26. The molecule has 0 aliphatic carbocycles. The normalized spacial score (nSPS) is 10.5. The van der Waals surface area contributed by atoms with E-state index in [9.17, 15) is 0 Å². The van der Waals surface area contributed by atoms with Crippen molar-refractivity contribution >= 4 is 32.6 Å². The molecule has 3 rings (SSSR count). The van der Waals surface area contributed by atoms with Crippen molar-refractivity contribution in [2.45, 2.75) is 0 Å². The zero-order valence-electron chi connectivity index (χ0n) is 8.29. The van der Waals surface area contributed by atoms with Gasteiger partial charge < -0.3 is 5.32 Å². The van der Waals surface area contributed by atoms with E-state index in [4.69, 9.17) is 0 Å². The number of thiazole rings is 1. The lowest BCUT2D eigenvalue weighted by Gasteiger charge is -1.97. The molecule has 2 heterocycles. The van der Waals surface area contributed by atoms with Gasteiger partial charge in [-0.1, -0.05) is 23.5 Å². The van der Waals surface area contributed by atoms with Crippen LogP contribution in [0, 0.1) is 0 Å². The smallest absolute Gasteiger partial charge is 0.228 e. The number of aromatic nitrogens is 3. The van der Waals surface area contributed by atoms with Gasteiger partial charge in [0.1, 0.15) is 0 Å². The molecule has 0 atom stereocenters. The minimum absolute atomic E-state index is 0.571. The molecule has 0 unspecified atom stereocenters. The van der Waals surface area contributed by atoms with E-state index in [1.165, 1.54) is 0 Å². The molecule has 1 aromatic carbocycles. The Morgan fingerprint density at radius 1 is 1.00 bits per heavy atom. The molecule has 0 aliphatic rings. The number of benzene rings is 1. The summed E-state index contributed by atoms with van der Waals surface area (Å²) in [7, 11) is 0. The summed E-state index contributed by atoms with van der Waals surface area (Å²) in [5, 5.41) is 3.89. The first-order chi connectivity index (χ1) is 7.92. The van der Waals surface area contributed by atoms with Crippen LogP contribution in [-0.2, 0) is 0 Å². The van der Waals surface area contributed by atoms with Crippen LogP contribution in [0.3, 0.4) is 0 Å². The zero-order chi connectivity index (χ0) is 10.8. The third-order valence-electron chi connectivity index (χ3n) is 2.08. The van der Waals surface area contributed by atoms with E-state index in [1.54, 1.807) is 29.8 Å². The monoisotopic (exact) mass is 228 g/mol. The first-order valence-corrected chi connectivity index (χ1v) is 5.63. The average molecular weight is 228 g/mol. The largest absolute Gasteiger partial charge is 0.300 e. The summed E-state index contributed by atoms with van der Waals surface area (Å²) in [6.07, 6.45) is 3.39. The molecule has 5 heteroatoms. The molecular weight excluding hydrogens is 220 g/mol. The summed E-state index contributed by atoms with van der Waals surface area (Å²) >= 11 is 1.59. The number of fused-ring (bicyclic) bond motifs is 1. The molecule has 78 valence electrons. The second-order valence-corrected chi connectivity index (χ2v) is 4.21. The molecule has 2 aromatic heterocycles. The summed E-state index contributed by atoms with van der Waals surface area (Å²) in [4.78, 5) is 12.6. The molecule has 3 aromatic rings. The average Bonchev–Trinajstić information content (AvgIpc) is 2.72. The maximum Gasteiger partial charge on any atom is 0.228 e. The van der Waals surface area contributed by atoms with Gasteiger partial charge in [-0.2, -0.15) is 0 Å². The van der Waals surface area contributed by atoms with Gasteiger partial charge in [0.05, 0.1) is 10.2 Å². The minimum Gasteiger partial charge on any atom is -0.300 e. The Morgan fingerprint density at radius 2 is 1.81 bits per heavy atom. The van der Waals surface area contributed by atoms with E-state index in [2.05, 4.69) is 20.3 Å². The summed E-state index contributed by atoms with van der Waals surface area (Å²) in [5.41, 5.74) is 0.992. The number of rotatable bonds is 2. The second kappa shape index (κ2) is 3.86. The fourth-order valence-electron chi connectivity index (χ4n) is 1.38. The van der Waals surface area contributed by atoms with Gasteiger partial charge in [0.25, 0.3) is 0 Å². The Labute approximate surface area is 96.0 Å². The number of nitrogens with zero attached hydrogens (tertiary/aromatic N) is 3. The molecule has 0 aliphatic heterocycles. The van der Waals surface area contributed by atoms with Crippen LogP contribution in [-0.4, -0.2) is 15.0 Å². The number of anilines is 2. The van der Waals surface area contributed by atoms with Crippen LogP contribution in [0.1, 0.15) is 0 Å². The number of para-hydroxylation sites is 1. The van der Waals surface area contributed by atoms with Gasteiger partial charge in [0.2, 0.25) is 5.95 Å². The standard InChI is InChI=1S/C11H8N4S/c1-2-5-9-8(4-1)14-11(16-9)15-10-12-6-3-7-13-10/h1-7H,(H,12,13,14,15). The Bertz CT molecular complexity index is 572. The van der Waals surface area contributed by atoms with Crippen LogP contribution in [0.5, 0.6) is 0 Å². The molecule has 0 amide bonds. The van der Waals surface area contributed by atoms with E-state index in [1.807, 2.05) is 24.3 Å². The van der Waals surface area contributed by atoms with Crippen LogP contribution in [0.25, 0.3) is 10.2 Å². The van der Waals surface area contributed by atoms with Crippen molar-refractivity contribution in [1.82, 2.24) is 15.0 Å². The highest BCUT2D eigenvalue weighted by atomic mass is 32.1. The summed E-state index contributed by atoms with van der Waals surface area (Å²) in [5.74, 6) is 0.571. The van der Waals surface area contributed by atoms with Crippen LogP contribution < -0.4 is 5.32 Å². The van der Waals surface area contributed by atoms with E-state index in [-0.39, 0.29) is 0 Å².